The monoisotopic (exact) mass is 286 g/mol. The minimum Gasteiger partial charge on any atom is -0.384 e. The Bertz CT molecular complexity index is 557. The molecule has 0 heterocycles. The van der Waals surface area contributed by atoms with Gasteiger partial charge in [0.15, 0.2) is 0 Å². The first-order chi connectivity index (χ1) is 8.87. The molecule has 7 nitrogen and oxygen atoms in total. The highest BCUT2D eigenvalue weighted by Crippen LogP contribution is 2.19. The number of amidine groups is 1. The van der Waals surface area contributed by atoms with Gasteiger partial charge in [0.1, 0.15) is 5.84 Å². The molecule has 1 aromatic rings. The van der Waals surface area contributed by atoms with Gasteiger partial charge in [-0.25, -0.2) is 0 Å². The van der Waals surface area contributed by atoms with Crippen molar-refractivity contribution in [3.63, 3.8) is 0 Å². The zero-order chi connectivity index (χ0) is 14.5. The van der Waals surface area contributed by atoms with Crippen LogP contribution in [0.4, 0.5) is 5.69 Å². The number of rotatable bonds is 7. The zero-order valence-corrected chi connectivity index (χ0v) is 11.7. The molecule has 0 aliphatic heterocycles. The van der Waals surface area contributed by atoms with Crippen molar-refractivity contribution in [2.45, 2.75) is 6.92 Å². The number of nitrogen functional groups attached to an aromatic ring is 1. The average molecular weight is 286 g/mol. The molecule has 0 aromatic heterocycles. The first kappa shape index (κ1) is 15.4. The van der Waals surface area contributed by atoms with Gasteiger partial charge in [-0.05, 0) is 18.6 Å². The van der Waals surface area contributed by atoms with E-state index in [0.29, 0.717) is 5.56 Å². The number of aryl methyl sites for hydroxylation is 1. The standard InChI is InChI=1S/C11H18N4O3S/c1-8-4-3-5-9(10(8)11(12)13)15-19(16,17)14-6-7-18-2/h3-5,14-15H,6-7H2,1-2H3,(H3,12,13). The second kappa shape index (κ2) is 6.50. The zero-order valence-electron chi connectivity index (χ0n) is 10.9. The van der Waals surface area contributed by atoms with Crippen LogP contribution in [0.2, 0.25) is 0 Å². The van der Waals surface area contributed by atoms with Crippen molar-refractivity contribution >= 4 is 21.7 Å². The maximum Gasteiger partial charge on any atom is 0.299 e. The number of benzene rings is 1. The first-order valence-electron chi connectivity index (χ1n) is 5.57. The van der Waals surface area contributed by atoms with E-state index in [0.717, 1.165) is 5.56 Å². The molecule has 0 bridgehead atoms. The number of ether oxygens (including phenoxy) is 1. The van der Waals surface area contributed by atoms with Crippen molar-refractivity contribution in [1.82, 2.24) is 4.72 Å². The molecule has 0 unspecified atom stereocenters. The molecule has 1 aromatic carbocycles. The fraction of sp³-hybridized carbons (Fsp3) is 0.364. The number of nitrogens with two attached hydrogens (primary N) is 1. The Morgan fingerprint density at radius 1 is 1.47 bits per heavy atom. The summed E-state index contributed by atoms with van der Waals surface area (Å²) >= 11 is 0. The molecule has 0 atom stereocenters. The summed E-state index contributed by atoms with van der Waals surface area (Å²) in [4.78, 5) is 0. The van der Waals surface area contributed by atoms with Gasteiger partial charge in [0.2, 0.25) is 0 Å². The summed E-state index contributed by atoms with van der Waals surface area (Å²) in [5, 5.41) is 7.50. The number of nitrogens with one attached hydrogen (secondary N) is 3. The smallest absolute Gasteiger partial charge is 0.299 e. The number of anilines is 1. The van der Waals surface area contributed by atoms with Crippen LogP contribution in [0.15, 0.2) is 18.2 Å². The van der Waals surface area contributed by atoms with E-state index in [9.17, 15) is 8.42 Å². The van der Waals surface area contributed by atoms with Crippen molar-refractivity contribution in [1.29, 1.82) is 5.41 Å². The lowest BCUT2D eigenvalue weighted by atomic mass is 10.1. The summed E-state index contributed by atoms with van der Waals surface area (Å²) in [7, 11) is -2.23. The third-order valence-corrected chi connectivity index (χ3v) is 3.46. The molecule has 5 N–H and O–H groups in total. The van der Waals surface area contributed by atoms with E-state index < -0.39 is 10.2 Å². The largest absolute Gasteiger partial charge is 0.384 e. The highest BCUT2D eigenvalue weighted by atomic mass is 32.2. The van der Waals surface area contributed by atoms with Crippen LogP contribution in [0, 0.1) is 12.3 Å². The van der Waals surface area contributed by atoms with E-state index in [1.54, 1.807) is 25.1 Å². The Balaban J connectivity index is 2.93. The summed E-state index contributed by atoms with van der Waals surface area (Å²) in [5.74, 6) is -0.187. The van der Waals surface area contributed by atoms with Gasteiger partial charge in [-0.15, -0.1) is 0 Å². The van der Waals surface area contributed by atoms with Crippen LogP contribution in [0.5, 0.6) is 0 Å². The third-order valence-electron chi connectivity index (χ3n) is 2.38. The van der Waals surface area contributed by atoms with Crippen LogP contribution in [0.1, 0.15) is 11.1 Å². The normalized spacial score (nSPS) is 11.3. The van der Waals surface area contributed by atoms with Crippen LogP contribution in [0.25, 0.3) is 0 Å². The van der Waals surface area contributed by atoms with Gasteiger partial charge in [0.25, 0.3) is 10.2 Å². The number of hydrogen-bond donors (Lipinski definition) is 4. The molecule has 0 fully saturated rings. The molecule has 0 amide bonds. The van der Waals surface area contributed by atoms with Gasteiger partial charge >= 0.3 is 0 Å². The molecular formula is C11H18N4O3S. The molecule has 0 saturated heterocycles. The van der Waals surface area contributed by atoms with Crippen molar-refractivity contribution < 1.29 is 13.2 Å². The third kappa shape index (κ3) is 4.51. The Morgan fingerprint density at radius 2 is 2.16 bits per heavy atom. The van der Waals surface area contributed by atoms with Gasteiger partial charge in [0, 0.05) is 19.2 Å². The maximum absolute atomic E-state index is 11.8. The lowest BCUT2D eigenvalue weighted by molar-refractivity contribution is 0.204. The van der Waals surface area contributed by atoms with E-state index in [-0.39, 0.29) is 24.7 Å². The predicted octanol–water partition coefficient (Wildman–Crippen LogP) is 0.172. The summed E-state index contributed by atoms with van der Waals surface area (Å²) in [6.45, 7) is 2.19. The van der Waals surface area contributed by atoms with Gasteiger partial charge in [-0.1, -0.05) is 12.1 Å². The SMILES string of the molecule is COCCNS(=O)(=O)Nc1cccc(C)c1C(=N)N. The Kier molecular flexibility index (Phi) is 5.28. The van der Waals surface area contributed by atoms with E-state index >= 15 is 0 Å². The fourth-order valence-corrected chi connectivity index (χ4v) is 2.45. The van der Waals surface area contributed by atoms with E-state index in [1.807, 2.05) is 0 Å². The second-order valence-corrected chi connectivity index (χ2v) is 5.40. The van der Waals surface area contributed by atoms with E-state index in [4.69, 9.17) is 15.9 Å². The molecular weight excluding hydrogens is 268 g/mol. The second-order valence-electron chi connectivity index (χ2n) is 3.90. The highest BCUT2D eigenvalue weighted by Gasteiger charge is 2.14. The van der Waals surface area contributed by atoms with Crippen LogP contribution < -0.4 is 15.2 Å². The maximum atomic E-state index is 11.8. The van der Waals surface area contributed by atoms with Crippen molar-refractivity contribution in [2.75, 3.05) is 25.0 Å². The van der Waals surface area contributed by atoms with Gasteiger partial charge in [-0.2, -0.15) is 13.1 Å². The van der Waals surface area contributed by atoms with Crippen molar-refractivity contribution in [3.8, 4) is 0 Å². The number of methoxy groups -OCH3 is 1. The molecule has 106 valence electrons. The highest BCUT2D eigenvalue weighted by molar-refractivity contribution is 7.90. The lowest BCUT2D eigenvalue weighted by Gasteiger charge is -2.14. The average Bonchev–Trinajstić information content (AvgIpc) is 2.27. The molecule has 8 heteroatoms. The van der Waals surface area contributed by atoms with Crippen LogP contribution in [0.3, 0.4) is 0 Å². The molecule has 19 heavy (non-hydrogen) atoms. The minimum atomic E-state index is -3.71. The Morgan fingerprint density at radius 3 is 2.74 bits per heavy atom. The molecule has 0 aliphatic carbocycles. The minimum absolute atomic E-state index is 0.160. The molecule has 1 rings (SSSR count). The lowest BCUT2D eigenvalue weighted by Crippen LogP contribution is -2.33. The quantitative estimate of drug-likeness (QED) is 0.325. The van der Waals surface area contributed by atoms with Gasteiger partial charge in [0.05, 0.1) is 12.3 Å². The van der Waals surface area contributed by atoms with Crippen LogP contribution in [-0.2, 0) is 14.9 Å². The van der Waals surface area contributed by atoms with Crippen molar-refractivity contribution in [3.05, 3.63) is 29.3 Å². The van der Waals surface area contributed by atoms with Crippen molar-refractivity contribution in [2.24, 2.45) is 5.73 Å². The summed E-state index contributed by atoms with van der Waals surface area (Å²) in [5.41, 5.74) is 6.84. The summed E-state index contributed by atoms with van der Waals surface area (Å²) < 4.78 is 33.0. The summed E-state index contributed by atoms with van der Waals surface area (Å²) in [6.07, 6.45) is 0. The van der Waals surface area contributed by atoms with Gasteiger partial charge < -0.3 is 10.5 Å². The van der Waals surface area contributed by atoms with Crippen LogP contribution in [-0.4, -0.2) is 34.5 Å². The Hall–Kier alpha value is -1.64. The Labute approximate surface area is 112 Å². The van der Waals surface area contributed by atoms with E-state index in [2.05, 4.69) is 9.44 Å². The molecule has 0 saturated carbocycles. The van der Waals surface area contributed by atoms with Crippen LogP contribution >= 0.6 is 0 Å². The molecule has 0 aliphatic rings. The van der Waals surface area contributed by atoms with Gasteiger partial charge in [-0.3, -0.25) is 10.1 Å². The fourth-order valence-electron chi connectivity index (χ4n) is 1.57. The summed E-state index contributed by atoms with van der Waals surface area (Å²) in [6, 6.07) is 5.00. The molecule has 0 spiro atoms. The predicted molar refractivity (Wildman–Crippen MR) is 74.6 cm³/mol. The topological polar surface area (TPSA) is 117 Å². The molecule has 0 radical (unpaired) electrons. The van der Waals surface area contributed by atoms with E-state index in [1.165, 1.54) is 7.11 Å². The first-order valence-corrected chi connectivity index (χ1v) is 7.06. The number of hydrogen-bond acceptors (Lipinski definition) is 4.